The summed E-state index contributed by atoms with van der Waals surface area (Å²) in [6, 6.07) is 4.93. The number of carbonyl (C=O) groups excluding carboxylic acids is 2. The quantitative estimate of drug-likeness (QED) is 0.515. The number of nitrogens with zero attached hydrogens (tertiary/aromatic N) is 1. The number of phenolic OH excluding ortho intramolecular Hbond substituents is 1. The lowest BCUT2D eigenvalue weighted by atomic mass is 9.96. The topological polar surface area (TPSA) is 91.6 Å². The van der Waals surface area contributed by atoms with Crippen LogP contribution in [0.1, 0.15) is 34.5 Å². The van der Waals surface area contributed by atoms with Crippen LogP contribution >= 0.6 is 23.2 Å². The van der Waals surface area contributed by atoms with Crippen LogP contribution in [0.2, 0.25) is 10.0 Å². The fraction of sp³-hybridized carbons (Fsp3) is 0.200. The zero-order valence-corrected chi connectivity index (χ0v) is 17.3. The molecule has 0 spiro atoms. The second-order valence-electron chi connectivity index (χ2n) is 6.60. The molecule has 158 valence electrons. The highest BCUT2D eigenvalue weighted by Gasteiger charge is 2.30. The third-order valence-electron chi connectivity index (χ3n) is 4.86. The average molecular weight is 457 g/mol. The fourth-order valence-corrected chi connectivity index (χ4v) is 3.72. The summed E-state index contributed by atoms with van der Waals surface area (Å²) in [5, 5.41) is 21.0. The number of phenols is 1. The maximum Gasteiger partial charge on any atom is 0.262 e. The van der Waals surface area contributed by atoms with Gasteiger partial charge in [-0.15, -0.1) is 0 Å². The molecule has 30 heavy (non-hydrogen) atoms. The summed E-state index contributed by atoms with van der Waals surface area (Å²) in [5.41, 5.74) is 0.148. The minimum Gasteiger partial charge on any atom is -0.503 e. The summed E-state index contributed by atoms with van der Waals surface area (Å²) >= 11 is 11.9. The van der Waals surface area contributed by atoms with Crippen molar-refractivity contribution in [3.8, 4) is 5.75 Å². The predicted octanol–water partition coefficient (Wildman–Crippen LogP) is 4.10. The van der Waals surface area contributed by atoms with Gasteiger partial charge >= 0.3 is 0 Å². The Hall–Kier alpha value is -2.68. The number of rotatable bonds is 4. The van der Waals surface area contributed by atoms with Crippen molar-refractivity contribution in [3.05, 3.63) is 62.8 Å². The van der Waals surface area contributed by atoms with Gasteiger partial charge in [-0.25, -0.2) is 8.78 Å². The number of aliphatic hydroxyl groups is 1. The highest BCUT2D eigenvalue weighted by Crippen LogP contribution is 2.38. The molecule has 0 radical (unpaired) electrons. The van der Waals surface area contributed by atoms with E-state index in [1.807, 2.05) is 0 Å². The second-order valence-corrected chi connectivity index (χ2v) is 7.42. The van der Waals surface area contributed by atoms with Gasteiger partial charge < -0.3 is 15.5 Å². The van der Waals surface area contributed by atoms with Gasteiger partial charge in [0.25, 0.3) is 5.91 Å². The molecule has 0 aliphatic rings. The van der Waals surface area contributed by atoms with Gasteiger partial charge in [0.05, 0.1) is 21.5 Å². The predicted molar refractivity (Wildman–Crippen MR) is 108 cm³/mol. The molecule has 1 amide bonds. The number of aliphatic hydroxyl groups excluding tert-OH is 1. The standard InChI is InChI=1S/C20H16Cl2F2N2O4/c1-8(19(29)25-7-27)15-9(2)26(14-6-13(23)18(28)17(24)16(14)15)20(30)10-3-4-11(21)12(22)5-10/h3-6,8,27-28H,7H2,1-2H3,(H,25,29). The molecule has 3 aromatic rings. The van der Waals surface area contributed by atoms with E-state index in [4.69, 9.17) is 28.3 Å². The van der Waals surface area contributed by atoms with Crippen molar-refractivity contribution in [1.82, 2.24) is 9.88 Å². The zero-order chi connectivity index (χ0) is 22.3. The molecular weight excluding hydrogens is 441 g/mol. The van der Waals surface area contributed by atoms with Crippen molar-refractivity contribution in [2.75, 3.05) is 6.73 Å². The van der Waals surface area contributed by atoms with Gasteiger partial charge in [-0.05, 0) is 37.6 Å². The molecule has 1 unspecified atom stereocenters. The Morgan fingerprint density at radius 1 is 1.20 bits per heavy atom. The highest BCUT2D eigenvalue weighted by atomic mass is 35.5. The maximum atomic E-state index is 14.9. The van der Waals surface area contributed by atoms with Crippen LogP contribution in [0.15, 0.2) is 24.3 Å². The molecule has 0 bridgehead atoms. The lowest BCUT2D eigenvalue weighted by Gasteiger charge is -2.13. The van der Waals surface area contributed by atoms with E-state index in [1.54, 1.807) is 0 Å². The van der Waals surface area contributed by atoms with Gasteiger partial charge in [-0.3, -0.25) is 14.2 Å². The number of hydrogen-bond acceptors (Lipinski definition) is 4. The molecule has 0 aliphatic heterocycles. The van der Waals surface area contributed by atoms with Crippen LogP contribution in [0.25, 0.3) is 10.9 Å². The van der Waals surface area contributed by atoms with E-state index in [9.17, 15) is 23.5 Å². The number of hydrogen-bond donors (Lipinski definition) is 3. The van der Waals surface area contributed by atoms with E-state index < -0.39 is 41.8 Å². The number of carbonyl (C=O) groups is 2. The summed E-state index contributed by atoms with van der Waals surface area (Å²) in [4.78, 5) is 25.5. The number of aromatic nitrogens is 1. The van der Waals surface area contributed by atoms with Gasteiger partial charge in [0.1, 0.15) is 6.73 Å². The molecule has 2 aromatic carbocycles. The number of fused-ring (bicyclic) bond motifs is 1. The van der Waals surface area contributed by atoms with E-state index in [0.717, 1.165) is 10.6 Å². The number of amides is 1. The van der Waals surface area contributed by atoms with Crippen molar-refractivity contribution >= 4 is 45.9 Å². The normalized spacial score (nSPS) is 12.2. The molecule has 10 heteroatoms. The van der Waals surface area contributed by atoms with E-state index >= 15 is 0 Å². The molecule has 0 fully saturated rings. The second kappa shape index (κ2) is 8.22. The van der Waals surface area contributed by atoms with Crippen molar-refractivity contribution < 1.29 is 28.6 Å². The van der Waals surface area contributed by atoms with Gasteiger partial charge in [0, 0.05) is 22.7 Å². The van der Waals surface area contributed by atoms with E-state index in [0.29, 0.717) is 0 Å². The van der Waals surface area contributed by atoms with Gasteiger partial charge in [-0.1, -0.05) is 23.2 Å². The third kappa shape index (κ3) is 3.51. The lowest BCUT2D eigenvalue weighted by molar-refractivity contribution is -0.123. The SMILES string of the molecule is Cc1c(C(C)C(=O)NCO)c2c(F)c(O)c(F)cc2n1C(=O)c1ccc(Cl)c(Cl)c1. The number of aromatic hydroxyl groups is 1. The lowest BCUT2D eigenvalue weighted by Crippen LogP contribution is -2.29. The Morgan fingerprint density at radius 3 is 2.47 bits per heavy atom. The van der Waals surface area contributed by atoms with Crippen LogP contribution in [0.5, 0.6) is 5.75 Å². The van der Waals surface area contributed by atoms with E-state index in [-0.39, 0.29) is 37.8 Å². The number of halogens is 4. The molecule has 0 saturated carbocycles. The zero-order valence-electron chi connectivity index (χ0n) is 15.8. The summed E-state index contributed by atoms with van der Waals surface area (Å²) in [5.74, 6) is -6.13. The first kappa shape index (κ1) is 22.0. The fourth-order valence-electron chi connectivity index (χ4n) is 3.42. The Morgan fingerprint density at radius 2 is 1.87 bits per heavy atom. The Bertz CT molecular complexity index is 1190. The molecule has 6 nitrogen and oxygen atoms in total. The minimum absolute atomic E-state index is 0.0668. The molecule has 1 atom stereocenters. The largest absolute Gasteiger partial charge is 0.503 e. The number of nitrogens with one attached hydrogen (secondary N) is 1. The summed E-state index contributed by atoms with van der Waals surface area (Å²) in [7, 11) is 0. The molecule has 1 heterocycles. The summed E-state index contributed by atoms with van der Waals surface area (Å²) < 4.78 is 30.0. The minimum atomic E-state index is -1.30. The molecular formula is C20H16Cl2F2N2O4. The third-order valence-corrected chi connectivity index (χ3v) is 5.60. The Kier molecular flexibility index (Phi) is 6.03. The Labute approximate surface area is 179 Å². The van der Waals surface area contributed by atoms with Crippen LogP contribution in [0.4, 0.5) is 8.78 Å². The monoisotopic (exact) mass is 456 g/mol. The molecule has 1 aromatic heterocycles. The summed E-state index contributed by atoms with van der Waals surface area (Å²) in [6.07, 6.45) is 0. The first-order chi connectivity index (χ1) is 14.1. The van der Waals surface area contributed by atoms with Crippen LogP contribution in [0, 0.1) is 18.6 Å². The van der Waals surface area contributed by atoms with Crippen LogP contribution in [-0.4, -0.2) is 33.3 Å². The average Bonchev–Trinajstić information content (AvgIpc) is 2.99. The van der Waals surface area contributed by atoms with Crippen molar-refractivity contribution in [2.24, 2.45) is 0 Å². The van der Waals surface area contributed by atoms with Crippen LogP contribution in [-0.2, 0) is 4.79 Å². The Balaban J connectivity index is 2.34. The molecule has 3 rings (SSSR count). The maximum absolute atomic E-state index is 14.9. The first-order valence-electron chi connectivity index (χ1n) is 8.70. The first-order valence-corrected chi connectivity index (χ1v) is 9.45. The van der Waals surface area contributed by atoms with Crippen molar-refractivity contribution in [2.45, 2.75) is 19.8 Å². The van der Waals surface area contributed by atoms with Gasteiger partial charge in [0.2, 0.25) is 5.91 Å². The smallest absolute Gasteiger partial charge is 0.262 e. The molecule has 0 saturated heterocycles. The van der Waals surface area contributed by atoms with Gasteiger partial charge in [0.15, 0.2) is 17.4 Å². The summed E-state index contributed by atoms with van der Waals surface area (Å²) in [6.45, 7) is 2.24. The highest BCUT2D eigenvalue weighted by molar-refractivity contribution is 6.42. The van der Waals surface area contributed by atoms with Crippen LogP contribution < -0.4 is 5.32 Å². The van der Waals surface area contributed by atoms with Crippen molar-refractivity contribution in [3.63, 3.8) is 0 Å². The van der Waals surface area contributed by atoms with Gasteiger partial charge in [-0.2, -0.15) is 0 Å². The molecule has 3 N–H and O–H groups in total. The number of benzene rings is 2. The molecule has 0 aliphatic carbocycles. The van der Waals surface area contributed by atoms with Crippen LogP contribution in [0.3, 0.4) is 0 Å². The van der Waals surface area contributed by atoms with Crippen molar-refractivity contribution in [1.29, 1.82) is 0 Å². The van der Waals surface area contributed by atoms with E-state index in [1.165, 1.54) is 32.0 Å². The van der Waals surface area contributed by atoms with E-state index in [2.05, 4.69) is 5.32 Å².